The lowest BCUT2D eigenvalue weighted by molar-refractivity contribution is -0.123. The fraction of sp³-hybridized carbons (Fsp3) is 0.241. The van der Waals surface area contributed by atoms with Crippen LogP contribution in [0.5, 0.6) is 5.75 Å². The van der Waals surface area contributed by atoms with E-state index in [9.17, 15) is 4.79 Å². The molecule has 176 valence electrons. The Hall–Kier alpha value is -3.48. The van der Waals surface area contributed by atoms with Crippen molar-refractivity contribution in [2.75, 3.05) is 12.4 Å². The molecule has 3 aromatic carbocycles. The number of carbonyl (C=O) groups excluding carboxylic acids is 1. The molecule has 5 nitrogen and oxygen atoms in total. The van der Waals surface area contributed by atoms with Crippen molar-refractivity contribution in [2.24, 2.45) is 5.73 Å². The minimum atomic E-state index is -1.07. The van der Waals surface area contributed by atoms with E-state index in [2.05, 4.69) is 53.6 Å². The molecule has 0 fully saturated rings. The quantitative estimate of drug-likeness (QED) is 0.409. The largest absolute Gasteiger partial charge is 0.497 e. The van der Waals surface area contributed by atoms with Crippen LogP contribution in [0, 0.1) is 0 Å². The van der Waals surface area contributed by atoms with Gasteiger partial charge in [0.05, 0.1) is 12.8 Å². The summed E-state index contributed by atoms with van der Waals surface area (Å²) in [5.41, 5.74) is 12.6. The number of rotatable bonds is 5. The minimum Gasteiger partial charge on any atom is -0.497 e. The molecule has 1 aromatic heterocycles. The Bertz CT molecular complexity index is 1380. The molecule has 2 bridgehead atoms. The Balaban J connectivity index is 1.29. The fourth-order valence-electron chi connectivity index (χ4n) is 6.07. The first kappa shape index (κ1) is 22.0. The Labute approximate surface area is 209 Å². The average Bonchev–Trinajstić information content (AvgIpc) is 3.31. The van der Waals surface area contributed by atoms with Gasteiger partial charge in [0.2, 0.25) is 5.91 Å². The van der Waals surface area contributed by atoms with Crippen LogP contribution in [0.25, 0.3) is 0 Å². The van der Waals surface area contributed by atoms with Crippen molar-refractivity contribution in [1.29, 1.82) is 0 Å². The van der Waals surface area contributed by atoms with Gasteiger partial charge in [-0.25, -0.2) is 4.98 Å². The first-order valence-electron chi connectivity index (χ1n) is 11.8. The first-order valence-corrected chi connectivity index (χ1v) is 12.7. The molecule has 4 aromatic rings. The summed E-state index contributed by atoms with van der Waals surface area (Å²) in [5, 5.41) is 5.63. The highest BCUT2D eigenvalue weighted by atomic mass is 32.1. The number of thiazole rings is 1. The Morgan fingerprint density at radius 1 is 1.06 bits per heavy atom. The third-order valence-corrected chi connectivity index (χ3v) is 8.44. The number of nitrogens with one attached hydrogen (secondary N) is 1. The van der Waals surface area contributed by atoms with E-state index in [4.69, 9.17) is 10.5 Å². The summed E-state index contributed by atoms with van der Waals surface area (Å²) in [7, 11) is 1.66. The Morgan fingerprint density at radius 2 is 1.69 bits per heavy atom. The minimum absolute atomic E-state index is 0.178. The molecular formula is C29H27N3O2S. The van der Waals surface area contributed by atoms with Crippen LogP contribution >= 0.6 is 11.3 Å². The molecule has 6 heteroatoms. The SMILES string of the molecule is COc1ccc(Cc2csc(NC(=O)C3(N)CC4(C)c5ccccc5C3c3ccccc34)n2)cc1. The summed E-state index contributed by atoms with van der Waals surface area (Å²) >= 11 is 1.43. The van der Waals surface area contributed by atoms with E-state index in [0.717, 1.165) is 28.1 Å². The van der Waals surface area contributed by atoms with Crippen molar-refractivity contribution in [3.63, 3.8) is 0 Å². The third-order valence-electron chi connectivity index (χ3n) is 7.63. The van der Waals surface area contributed by atoms with Crippen LogP contribution in [0.2, 0.25) is 0 Å². The van der Waals surface area contributed by atoms with Gasteiger partial charge in [0.25, 0.3) is 0 Å². The molecule has 1 atom stereocenters. The van der Waals surface area contributed by atoms with Gasteiger partial charge < -0.3 is 15.8 Å². The lowest BCUT2D eigenvalue weighted by Crippen LogP contribution is -2.64. The van der Waals surface area contributed by atoms with Gasteiger partial charge in [0.1, 0.15) is 11.3 Å². The molecule has 35 heavy (non-hydrogen) atoms. The van der Waals surface area contributed by atoms with Crippen LogP contribution in [0.3, 0.4) is 0 Å². The second kappa shape index (κ2) is 8.04. The normalized spacial score (nSPS) is 23.9. The lowest BCUT2D eigenvalue weighted by atomic mass is 9.49. The number of carbonyl (C=O) groups is 1. The number of ether oxygens (including phenoxy) is 1. The van der Waals surface area contributed by atoms with Crippen molar-refractivity contribution >= 4 is 22.4 Å². The molecule has 1 unspecified atom stereocenters. The van der Waals surface area contributed by atoms with E-state index in [1.165, 1.54) is 22.5 Å². The van der Waals surface area contributed by atoms with Crippen LogP contribution in [0.4, 0.5) is 5.13 Å². The molecule has 0 saturated heterocycles. The zero-order chi connectivity index (χ0) is 24.2. The summed E-state index contributed by atoms with van der Waals surface area (Å²) in [6.07, 6.45) is 1.24. The van der Waals surface area contributed by atoms with Gasteiger partial charge in [-0.1, -0.05) is 67.6 Å². The lowest BCUT2D eigenvalue weighted by Gasteiger charge is -2.55. The second-order valence-corrected chi connectivity index (χ2v) is 10.6. The van der Waals surface area contributed by atoms with Gasteiger partial charge in [-0.2, -0.15) is 0 Å². The van der Waals surface area contributed by atoms with Gasteiger partial charge in [-0.05, 0) is 46.4 Å². The molecule has 0 saturated carbocycles. The van der Waals surface area contributed by atoms with Gasteiger partial charge in [-0.3, -0.25) is 4.79 Å². The maximum Gasteiger partial charge on any atom is 0.247 e. The average molecular weight is 482 g/mol. The predicted octanol–water partition coefficient (Wildman–Crippen LogP) is 5.23. The van der Waals surface area contributed by atoms with Crippen LogP contribution in [0.15, 0.2) is 78.2 Å². The van der Waals surface area contributed by atoms with Crippen LogP contribution in [-0.4, -0.2) is 23.5 Å². The van der Waals surface area contributed by atoms with E-state index < -0.39 is 5.54 Å². The van der Waals surface area contributed by atoms with Crippen LogP contribution < -0.4 is 15.8 Å². The molecule has 3 aliphatic carbocycles. The molecule has 1 amide bonds. The zero-order valence-electron chi connectivity index (χ0n) is 19.7. The highest BCUT2D eigenvalue weighted by Gasteiger charge is 2.59. The van der Waals surface area contributed by atoms with E-state index in [-0.39, 0.29) is 17.2 Å². The maximum absolute atomic E-state index is 13.8. The Morgan fingerprint density at radius 3 is 2.31 bits per heavy atom. The highest BCUT2D eigenvalue weighted by Crippen LogP contribution is 2.59. The van der Waals surface area contributed by atoms with Crippen molar-refractivity contribution in [1.82, 2.24) is 4.98 Å². The monoisotopic (exact) mass is 481 g/mol. The Kier molecular flexibility index (Phi) is 5.06. The van der Waals surface area contributed by atoms with Gasteiger partial charge in [0, 0.05) is 23.1 Å². The summed E-state index contributed by atoms with van der Waals surface area (Å²) in [4.78, 5) is 18.5. The van der Waals surface area contributed by atoms with E-state index in [1.807, 2.05) is 41.8 Å². The van der Waals surface area contributed by atoms with Crippen LogP contribution in [0.1, 0.15) is 52.8 Å². The smallest absolute Gasteiger partial charge is 0.247 e. The number of benzene rings is 3. The molecule has 0 radical (unpaired) electrons. The number of aromatic nitrogens is 1. The van der Waals surface area contributed by atoms with E-state index in [0.29, 0.717) is 18.0 Å². The molecule has 3 aliphatic rings. The molecule has 7 rings (SSSR count). The van der Waals surface area contributed by atoms with Gasteiger partial charge in [0.15, 0.2) is 5.13 Å². The van der Waals surface area contributed by atoms with E-state index in [1.54, 1.807) is 7.11 Å². The molecule has 1 heterocycles. The summed E-state index contributed by atoms with van der Waals surface area (Å²) in [6.45, 7) is 2.21. The summed E-state index contributed by atoms with van der Waals surface area (Å²) in [5.74, 6) is 0.449. The van der Waals surface area contributed by atoms with Crippen molar-refractivity contribution in [3.8, 4) is 5.75 Å². The zero-order valence-corrected chi connectivity index (χ0v) is 20.6. The molecule has 0 aliphatic heterocycles. The topological polar surface area (TPSA) is 77.2 Å². The number of nitrogens with two attached hydrogens (primary N) is 1. The van der Waals surface area contributed by atoms with Crippen molar-refractivity contribution in [2.45, 2.75) is 36.6 Å². The van der Waals surface area contributed by atoms with Crippen LogP contribution in [-0.2, 0) is 16.6 Å². The maximum atomic E-state index is 13.8. The second-order valence-electron chi connectivity index (χ2n) is 9.78. The molecular weight excluding hydrogens is 454 g/mol. The summed E-state index contributed by atoms with van der Waals surface area (Å²) < 4.78 is 5.23. The van der Waals surface area contributed by atoms with Crippen molar-refractivity contribution in [3.05, 3.63) is 112 Å². The number of hydrogen-bond donors (Lipinski definition) is 2. The number of fused-ring (bicyclic) bond motifs is 1. The standard InChI is InChI=1S/C29H27N3O2S/c1-28-17-29(30,25(21-7-3-5-9-23(21)28)22-8-4-6-10-24(22)28)26(33)32-27-31-19(16-35-27)15-18-11-13-20(34-2)14-12-18/h3-14,16,25H,15,17,30H2,1-2H3,(H,31,32,33). The van der Waals surface area contributed by atoms with Crippen molar-refractivity contribution < 1.29 is 9.53 Å². The number of methoxy groups -OCH3 is 1. The molecule has 3 N–H and O–H groups in total. The molecule has 0 spiro atoms. The highest BCUT2D eigenvalue weighted by molar-refractivity contribution is 7.13. The summed E-state index contributed by atoms with van der Waals surface area (Å²) in [6, 6.07) is 24.8. The third kappa shape index (κ3) is 3.39. The van der Waals surface area contributed by atoms with Gasteiger partial charge in [-0.15, -0.1) is 11.3 Å². The number of hydrogen-bond acceptors (Lipinski definition) is 5. The number of anilines is 1. The number of nitrogens with zero attached hydrogens (tertiary/aromatic N) is 1. The number of amides is 1. The first-order chi connectivity index (χ1) is 16.9. The predicted molar refractivity (Wildman–Crippen MR) is 139 cm³/mol. The van der Waals surface area contributed by atoms with E-state index >= 15 is 0 Å². The fourth-order valence-corrected chi connectivity index (χ4v) is 6.78. The van der Waals surface area contributed by atoms with Gasteiger partial charge >= 0.3 is 0 Å².